The van der Waals surface area contributed by atoms with Crippen molar-refractivity contribution in [1.29, 1.82) is 0 Å². The molecule has 6 heteroatoms. The first kappa shape index (κ1) is 19.6. The van der Waals surface area contributed by atoms with Crippen molar-refractivity contribution in [3.05, 3.63) is 75.7 Å². The van der Waals surface area contributed by atoms with E-state index in [-0.39, 0.29) is 5.75 Å². The fraction of sp³-hybridized carbons (Fsp3) is 0.182. The average molecular weight is 395 g/mol. The summed E-state index contributed by atoms with van der Waals surface area (Å²) in [6, 6.07) is 15.2. The van der Waals surface area contributed by atoms with Crippen LogP contribution in [0.25, 0.3) is 0 Å². The Morgan fingerprint density at radius 3 is 2.57 bits per heavy atom. The summed E-state index contributed by atoms with van der Waals surface area (Å²) < 4.78 is 10.1. The second kappa shape index (κ2) is 8.71. The molecule has 1 aromatic heterocycles. The van der Waals surface area contributed by atoms with Gasteiger partial charge in [0.25, 0.3) is 0 Å². The van der Waals surface area contributed by atoms with Crippen LogP contribution >= 0.6 is 11.3 Å². The highest BCUT2D eigenvalue weighted by atomic mass is 32.1. The van der Waals surface area contributed by atoms with Crippen molar-refractivity contribution < 1.29 is 19.4 Å². The fourth-order valence-corrected chi connectivity index (χ4v) is 4.04. The van der Waals surface area contributed by atoms with E-state index in [1.165, 1.54) is 31.8 Å². The Morgan fingerprint density at radius 2 is 1.89 bits per heavy atom. The van der Waals surface area contributed by atoms with Crippen LogP contribution < -0.4 is 4.74 Å². The highest BCUT2D eigenvalue weighted by molar-refractivity contribution is 7.16. The van der Waals surface area contributed by atoms with Crippen LogP contribution in [0.3, 0.4) is 0 Å². The van der Waals surface area contributed by atoms with E-state index in [4.69, 9.17) is 9.47 Å². The van der Waals surface area contributed by atoms with Crippen molar-refractivity contribution in [3.8, 4) is 11.5 Å². The Hall–Kier alpha value is -3.12. The number of carbonyl (C=O) groups excluding carboxylic acids is 1. The molecule has 0 spiro atoms. The van der Waals surface area contributed by atoms with E-state index in [1.54, 1.807) is 18.2 Å². The van der Waals surface area contributed by atoms with Crippen LogP contribution in [0.4, 0.5) is 5.00 Å². The maximum Gasteiger partial charge on any atom is 0.341 e. The Bertz CT molecular complexity index is 1010. The SMILES string of the molecule is COC(=O)c1c(N=Cc2cccc(OC)c2O)sc(Cc2ccccc2)c1C. The molecule has 2 aromatic carbocycles. The highest BCUT2D eigenvalue weighted by Gasteiger charge is 2.21. The molecule has 28 heavy (non-hydrogen) atoms. The molecule has 0 bridgehead atoms. The molecule has 144 valence electrons. The minimum Gasteiger partial charge on any atom is -0.504 e. The van der Waals surface area contributed by atoms with E-state index in [2.05, 4.69) is 4.99 Å². The zero-order valence-electron chi connectivity index (χ0n) is 15.9. The summed E-state index contributed by atoms with van der Waals surface area (Å²) in [5.74, 6) is -0.0505. The summed E-state index contributed by atoms with van der Waals surface area (Å²) in [5.41, 5.74) is 2.98. The number of nitrogens with zero attached hydrogens (tertiary/aromatic N) is 1. The zero-order valence-corrected chi connectivity index (χ0v) is 16.7. The summed E-state index contributed by atoms with van der Waals surface area (Å²) in [6.45, 7) is 1.91. The Morgan fingerprint density at radius 1 is 1.14 bits per heavy atom. The molecule has 0 fully saturated rings. The van der Waals surface area contributed by atoms with Crippen LogP contribution in [0.1, 0.15) is 31.9 Å². The van der Waals surface area contributed by atoms with Gasteiger partial charge in [0.1, 0.15) is 5.00 Å². The maximum atomic E-state index is 12.3. The number of ether oxygens (including phenoxy) is 2. The van der Waals surface area contributed by atoms with Crippen molar-refractivity contribution >= 4 is 28.5 Å². The predicted octanol–water partition coefficient (Wildman–Crippen LogP) is 4.90. The van der Waals surface area contributed by atoms with Gasteiger partial charge in [-0.2, -0.15) is 0 Å². The first-order chi connectivity index (χ1) is 13.5. The van der Waals surface area contributed by atoms with Crippen LogP contribution in [0, 0.1) is 6.92 Å². The molecule has 0 unspecified atom stereocenters. The number of thiophene rings is 1. The van der Waals surface area contributed by atoms with Crippen LogP contribution in [-0.4, -0.2) is 31.5 Å². The summed E-state index contributed by atoms with van der Waals surface area (Å²) in [7, 11) is 2.85. The smallest absolute Gasteiger partial charge is 0.341 e. The molecule has 3 rings (SSSR count). The molecule has 1 heterocycles. The number of carbonyl (C=O) groups is 1. The topological polar surface area (TPSA) is 68.1 Å². The Kier molecular flexibility index (Phi) is 6.11. The zero-order chi connectivity index (χ0) is 20.1. The molecule has 0 radical (unpaired) electrons. The summed E-state index contributed by atoms with van der Waals surface area (Å²) >= 11 is 1.45. The molecule has 0 atom stereocenters. The number of benzene rings is 2. The molecule has 0 aliphatic heterocycles. The first-order valence-electron chi connectivity index (χ1n) is 8.69. The summed E-state index contributed by atoms with van der Waals surface area (Å²) in [5, 5.41) is 10.8. The van der Waals surface area contributed by atoms with Crippen LogP contribution in [0.15, 0.2) is 53.5 Å². The van der Waals surface area contributed by atoms with Gasteiger partial charge in [0.05, 0.1) is 19.8 Å². The van der Waals surface area contributed by atoms with Gasteiger partial charge < -0.3 is 14.6 Å². The number of esters is 1. The number of phenols is 1. The van der Waals surface area contributed by atoms with Crippen LogP contribution in [0.2, 0.25) is 0 Å². The summed E-state index contributed by atoms with van der Waals surface area (Å²) in [6.07, 6.45) is 2.24. The third kappa shape index (κ3) is 4.07. The number of hydrogen-bond donors (Lipinski definition) is 1. The number of aromatic hydroxyl groups is 1. The van der Waals surface area contributed by atoms with Gasteiger partial charge in [-0.05, 0) is 30.2 Å². The molecular weight excluding hydrogens is 374 g/mol. The number of phenolic OH excluding ortho intramolecular Hbond substituents is 1. The minimum atomic E-state index is -0.421. The first-order valence-corrected chi connectivity index (χ1v) is 9.51. The highest BCUT2D eigenvalue weighted by Crippen LogP contribution is 2.37. The molecule has 0 aliphatic rings. The number of para-hydroxylation sites is 1. The lowest BCUT2D eigenvalue weighted by molar-refractivity contribution is 0.0601. The second-order valence-corrected chi connectivity index (χ2v) is 7.22. The van der Waals surface area contributed by atoms with Crippen LogP contribution in [-0.2, 0) is 11.2 Å². The number of hydrogen-bond acceptors (Lipinski definition) is 6. The van der Waals surface area contributed by atoms with Gasteiger partial charge in [-0.15, -0.1) is 11.3 Å². The van der Waals surface area contributed by atoms with Gasteiger partial charge in [-0.1, -0.05) is 36.4 Å². The minimum absolute atomic E-state index is 0.00570. The molecular formula is C22H21NO4S. The Labute approximate surface area is 167 Å². The largest absolute Gasteiger partial charge is 0.504 e. The third-order valence-corrected chi connectivity index (χ3v) is 5.59. The number of rotatable bonds is 6. The predicted molar refractivity (Wildman–Crippen MR) is 112 cm³/mol. The fourth-order valence-electron chi connectivity index (χ4n) is 2.86. The molecule has 0 saturated carbocycles. The van der Waals surface area contributed by atoms with Gasteiger partial charge in [0.15, 0.2) is 11.5 Å². The van der Waals surface area contributed by atoms with E-state index in [0.29, 0.717) is 28.3 Å². The second-order valence-electron chi connectivity index (χ2n) is 6.14. The van der Waals surface area contributed by atoms with Crippen molar-refractivity contribution in [3.63, 3.8) is 0 Å². The Balaban J connectivity index is 2.00. The van der Waals surface area contributed by atoms with E-state index >= 15 is 0 Å². The molecule has 1 N–H and O–H groups in total. The van der Waals surface area contributed by atoms with E-state index in [0.717, 1.165) is 16.0 Å². The van der Waals surface area contributed by atoms with Crippen LogP contribution in [0.5, 0.6) is 11.5 Å². The average Bonchev–Trinajstić information content (AvgIpc) is 3.02. The van der Waals surface area contributed by atoms with Gasteiger partial charge >= 0.3 is 5.97 Å². The van der Waals surface area contributed by atoms with Crippen molar-refractivity contribution in [1.82, 2.24) is 0 Å². The van der Waals surface area contributed by atoms with E-state index in [1.807, 2.05) is 37.3 Å². The normalized spacial score (nSPS) is 11.0. The molecule has 0 saturated heterocycles. The van der Waals surface area contributed by atoms with Crippen molar-refractivity contribution in [2.24, 2.45) is 4.99 Å². The lowest BCUT2D eigenvalue weighted by Crippen LogP contribution is -2.02. The molecule has 0 aliphatic carbocycles. The van der Waals surface area contributed by atoms with E-state index < -0.39 is 5.97 Å². The lowest BCUT2D eigenvalue weighted by atomic mass is 10.1. The third-order valence-electron chi connectivity index (χ3n) is 4.40. The van der Waals surface area contributed by atoms with Crippen molar-refractivity contribution in [2.75, 3.05) is 14.2 Å². The van der Waals surface area contributed by atoms with Gasteiger partial charge in [-0.3, -0.25) is 0 Å². The lowest BCUT2D eigenvalue weighted by Gasteiger charge is -2.05. The monoisotopic (exact) mass is 395 g/mol. The standard InChI is InChI=1S/C22H21NO4S/c1-14-18(12-15-8-5-4-6-9-15)28-21(19(14)22(25)27-3)23-13-16-10-7-11-17(26-2)20(16)24/h4-11,13,24H,12H2,1-3H3. The number of aliphatic imine (C=N–C) groups is 1. The van der Waals surface area contributed by atoms with Crippen molar-refractivity contribution in [2.45, 2.75) is 13.3 Å². The van der Waals surface area contributed by atoms with Gasteiger partial charge in [0, 0.05) is 23.1 Å². The molecule has 5 nitrogen and oxygen atoms in total. The van der Waals surface area contributed by atoms with Gasteiger partial charge in [0.2, 0.25) is 0 Å². The quantitative estimate of drug-likeness (QED) is 0.476. The summed E-state index contributed by atoms with van der Waals surface area (Å²) in [4.78, 5) is 17.9. The maximum absolute atomic E-state index is 12.3. The van der Waals surface area contributed by atoms with E-state index in [9.17, 15) is 9.90 Å². The van der Waals surface area contributed by atoms with Gasteiger partial charge in [-0.25, -0.2) is 9.79 Å². The molecule has 0 amide bonds. The number of methoxy groups -OCH3 is 2. The molecule has 3 aromatic rings.